The fourth-order valence-electron chi connectivity index (χ4n) is 1.94. The summed E-state index contributed by atoms with van der Waals surface area (Å²) in [6.45, 7) is 6.39. The number of halogens is 1. The number of carbonyl (C=O) groups is 1. The lowest BCUT2D eigenvalue weighted by Gasteiger charge is -2.38. The zero-order valence-electron chi connectivity index (χ0n) is 14.0. The number of aliphatic hydroxyl groups excluding tert-OH is 3. The molecule has 4 unspecified atom stereocenters. The van der Waals surface area contributed by atoms with Crippen LogP contribution in [-0.4, -0.2) is 63.3 Å². The molecule has 5 atom stereocenters. The van der Waals surface area contributed by atoms with E-state index in [0.29, 0.717) is 0 Å². The predicted octanol–water partition coefficient (Wildman–Crippen LogP) is 0.971. The predicted molar refractivity (Wildman–Crippen MR) is 81.1 cm³/mol. The number of hydrogen-bond acceptors (Lipinski definition) is 8. The molecule has 1 fully saturated rings. The number of ketones is 1. The summed E-state index contributed by atoms with van der Waals surface area (Å²) in [6, 6.07) is 1.33. The van der Waals surface area contributed by atoms with Crippen LogP contribution in [0.25, 0.3) is 0 Å². The van der Waals surface area contributed by atoms with Crippen molar-refractivity contribution in [2.45, 2.75) is 58.2 Å². The summed E-state index contributed by atoms with van der Waals surface area (Å²) in [5.41, 5.74) is 0. The molecule has 0 saturated carbocycles. The van der Waals surface area contributed by atoms with E-state index in [1.54, 1.807) is 0 Å². The monoisotopic (exact) mass is 352 g/mol. The van der Waals surface area contributed by atoms with Crippen LogP contribution in [0.15, 0.2) is 16.7 Å². The van der Waals surface area contributed by atoms with Crippen molar-refractivity contribution < 1.29 is 43.8 Å². The molecule has 8 nitrogen and oxygen atoms in total. The lowest BCUT2D eigenvalue weighted by molar-refractivity contribution is -0.299. The summed E-state index contributed by atoms with van der Waals surface area (Å²) in [5.74, 6) is -0.338. The normalized spacial score (nSPS) is 28.9. The van der Waals surface area contributed by atoms with Gasteiger partial charge in [0.1, 0.15) is 18.3 Å². The molecule has 0 aliphatic carbocycles. The highest BCUT2D eigenvalue weighted by molar-refractivity contribution is 5.93. The number of ether oxygens (including phenoxy) is 1. The zero-order valence-corrected chi connectivity index (χ0v) is 14.0. The molecule has 0 spiro atoms. The Hall–Kier alpha value is -1.52. The minimum absolute atomic E-state index is 0.0231. The first-order chi connectivity index (χ1) is 11.3. The molecular formula is C15H25FO8. The van der Waals surface area contributed by atoms with E-state index in [1.165, 1.54) is 26.2 Å². The third-order valence-corrected chi connectivity index (χ3v) is 3.17. The first-order valence-electron chi connectivity index (χ1n) is 7.50. The fraction of sp³-hybridized carbons (Fsp3) is 0.667. The van der Waals surface area contributed by atoms with Gasteiger partial charge in [0.2, 0.25) is 5.76 Å². The third-order valence-electron chi connectivity index (χ3n) is 3.17. The van der Waals surface area contributed by atoms with Crippen LogP contribution in [0.1, 0.15) is 38.2 Å². The van der Waals surface area contributed by atoms with Gasteiger partial charge in [-0.15, -0.1) is 0 Å². The molecule has 1 aromatic heterocycles. The third kappa shape index (κ3) is 5.84. The number of aliphatic hydroxyl groups is 3. The molecule has 140 valence electrons. The molecular weight excluding hydrogens is 327 g/mol. The lowest BCUT2D eigenvalue weighted by atomic mass is 9.96. The van der Waals surface area contributed by atoms with Gasteiger partial charge < -0.3 is 29.6 Å². The molecule has 2 heterocycles. The largest absolute Gasteiger partial charge is 0.504 e. The molecule has 0 radical (unpaired) electrons. The second-order valence-corrected chi connectivity index (χ2v) is 4.79. The van der Waals surface area contributed by atoms with Crippen LogP contribution in [0.2, 0.25) is 0 Å². The van der Waals surface area contributed by atoms with E-state index < -0.39 is 37.1 Å². The highest BCUT2D eigenvalue weighted by atomic mass is 19.3. The van der Waals surface area contributed by atoms with Crippen LogP contribution in [-0.2, 0) is 9.68 Å². The van der Waals surface area contributed by atoms with Gasteiger partial charge in [-0.3, -0.25) is 4.79 Å². The van der Waals surface area contributed by atoms with Gasteiger partial charge in [-0.2, -0.15) is 4.94 Å². The number of furan rings is 1. The Morgan fingerprint density at radius 2 is 1.92 bits per heavy atom. The van der Waals surface area contributed by atoms with Crippen LogP contribution in [0.3, 0.4) is 0 Å². The minimum Gasteiger partial charge on any atom is -0.504 e. The van der Waals surface area contributed by atoms with Crippen LogP contribution in [0.4, 0.5) is 4.53 Å². The Morgan fingerprint density at radius 1 is 1.33 bits per heavy atom. The van der Waals surface area contributed by atoms with E-state index >= 15 is 0 Å². The van der Waals surface area contributed by atoms with Gasteiger partial charge in [-0.1, -0.05) is 13.8 Å². The second kappa shape index (κ2) is 11.1. The minimum atomic E-state index is -1.36. The van der Waals surface area contributed by atoms with E-state index in [2.05, 4.69) is 9.36 Å². The van der Waals surface area contributed by atoms with Crippen LogP contribution < -0.4 is 0 Å². The van der Waals surface area contributed by atoms with Gasteiger partial charge in [0.05, 0.1) is 19.0 Å². The van der Waals surface area contributed by atoms with Gasteiger partial charge in [0, 0.05) is 13.0 Å². The number of hydrogen-bond donors (Lipinski definition) is 4. The summed E-state index contributed by atoms with van der Waals surface area (Å²) < 4.78 is 21.5. The van der Waals surface area contributed by atoms with Crippen molar-refractivity contribution in [1.82, 2.24) is 0 Å². The van der Waals surface area contributed by atoms with Crippen LogP contribution in [0, 0.1) is 0 Å². The molecule has 1 aliphatic rings. The quantitative estimate of drug-likeness (QED) is 0.592. The van der Waals surface area contributed by atoms with Crippen molar-refractivity contribution in [3.8, 4) is 5.75 Å². The van der Waals surface area contributed by atoms with Gasteiger partial charge in [0.15, 0.2) is 17.6 Å². The van der Waals surface area contributed by atoms with Gasteiger partial charge in [0.25, 0.3) is 0 Å². The van der Waals surface area contributed by atoms with E-state index in [0.717, 1.165) is 0 Å². The number of carbonyl (C=O) groups excluding carboxylic acids is 1. The van der Waals surface area contributed by atoms with Crippen LogP contribution in [0.5, 0.6) is 5.75 Å². The lowest BCUT2D eigenvalue weighted by Crippen LogP contribution is -2.57. The average molecular weight is 352 g/mol. The van der Waals surface area contributed by atoms with Crippen molar-refractivity contribution >= 4 is 5.78 Å². The highest BCUT2D eigenvalue weighted by Gasteiger charge is 2.44. The van der Waals surface area contributed by atoms with Crippen molar-refractivity contribution in [1.29, 1.82) is 0 Å². The maximum atomic E-state index is 11.9. The van der Waals surface area contributed by atoms with E-state index in [1.807, 2.05) is 13.8 Å². The van der Waals surface area contributed by atoms with Gasteiger partial charge in [-0.05, 0) is 11.4 Å². The van der Waals surface area contributed by atoms with Crippen molar-refractivity contribution in [3.05, 3.63) is 18.1 Å². The molecule has 0 aromatic carbocycles. The Balaban J connectivity index is 0.000000420. The maximum absolute atomic E-state index is 11.9. The highest BCUT2D eigenvalue weighted by Crippen LogP contribution is 2.23. The Bertz CT molecular complexity index is 478. The summed E-state index contributed by atoms with van der Waals surface area (Å²) in [4.78, 5) is 13.9. The van der Waals surface area contributed by atoms with Crippen molar-refractivity contribution in [2.75, 3.05) is 6.61 Å². The maximum Gasteiger partial charge on any atom is 0.210 e. The van der Waals surface area contributed by atoms with Crippen LogP contribution >= 0.6 is 0 Å². The Morgan fingerprint density at radius 3 is 2.25 bits per heavy atom. The molecule has 0 bridgehead atoms. The number of rotatable bonds is 3. The molecule has 2 rings (SSSR count). The van der Waals surface area contributed by atoms with E-state index in [4.69, 9.17) is 14.9 Å². The number of Topliss-reactive ketones (excluding diaryl/α,β-unsaturated/α-hetero) is 1. The topological polar surface area (TPSA) is 130 Å². The Labute approximate surface area is 139 Å². The second-order valence-electron chi connectivity index (χ2n) is 4.79. The van der Waals surface area contributed by atoms with Crippen molar-refractivity contribution in [3.63, 3.8) is 0 Å². The fourth-order valence-corrected chi connectivity index (χ4v) is 1.94. The zero-order chi connectivity index (χ0) is 18.9. The molecule has 1 saturated heterocycles. The summed E-state index contributed by atoms with van der Waals surface area (Å²) >= 11 is 0. The Kier molecular flexibility index (Phi) is 10.4. The standard InChI is InChI=1S/C7H13FO5.C6H6O3.C2H6/c1-3-5(10)7(13-8)6(11)4(2-9)12-3;1-4(7)6-5(8)2-3-9-6;1-2/h3-7,9-11H,2H2,1H3;2-3,8H,1H3;1-2H3/t3?,4?,5?,6-,7?;;/m1../s1. The summed E-state index contributed by atoms with van der Waals surface area (Å²) in [6.07, 6.45) is -4.28. The summed E-state index contributed by atoms with van der Waals surface area (Å²) in [7, 11) is 0. The first kappa shape index (κ1) is 22.5. The molecule has 9 heteroatoms. The molecule has 4 N–H and O–H groups in total. The summed E-state index contributed by atoms with van der Waals surface area (Å²) in [5, 5.41) is 36.1. The van der Waals surface area contributed by atoms with Gasteiger partial charge in [-0.25, -0.2) is 0 Å². The smallest absolute Gasteiger partial charge is 0.210 e. The van der Waals surface area contributed by atoms with Crippen molar-refractivity contribution in [2.24, 2.45) is 0 Å². The van der Waals surface area contributed by atoms with E-state index in [9.17, 15) is 19.5 Å². The SMILES string of the molecule is CC.CC(=O)c1occc1O.CC1OC(CO)[C@@H](O)C(OF)C1O. The number of aromatic hydroxyl groups is 1. The van der Waals surface area contributed by atoms with E-state index in [-0.39, 0.29) is 17.3 Å². The molecule has 1 aromatic rings. The average Bonchev–Trinajstić information content (AvgIpc) is 3.00. The molecule has 0 amide bonds. The first-order valence-corrected chi connectivity index (χ1v) is 7.50. The molecule has 24 heavy (non-hydrogen) atoms. The van der Waals surface area contributed by atoms with Gasteiger partial charge >= 0.3 is 0 Å². The molecule has 1 aliphatic heterocycles.